The summed E-state index contributed by atoms with van der Waals surface area (Å²) in [6.07, 6.45) is 0. The Labute approximate surface area is 159 Å². The number of benzene rings is 1. The standard InChI is InChI=1S/C19H17ClN2O3S/c1-21(2)7-8-22-16(14-4-3-9-26-14)15-17(23)12-10-11(20)5-6-13(12)25-18(15)19(22)24/h3-6,9-10,16H,7-8H2,1-2H3/p+1/t16-/m1/s1. The number of nitrogens with zero attached hydrogens (tertiary/aromatic N) is 1. The monoisotopic (exact) mass is 389 g/mol. The molecule has 0 spiro atoms. The minimum Gasteiger partial charge on any atom is -0.450 e. The first-order valence-electron chi connectivity index (χ1n) is 8.37. The fourth-order valence-corrected chi connectivity index (χ4v) is 4.33. The van der Waals surface area contributed by atoms with Crippen molar-refractivity contribution in [1.29, 1.82) is 0 Å². The lowest BCUT2D eigenvalue weighted by Crippen LogP contribution is -3.06. The molecule has 0 radical (unpaired) electrons. The van der Waals surface area contributed by atoms with Crippen molar-refractivity contribution >= 4 is 39.8 Å². The number of rotatable bonds is 4. The first kappa shape index (κ1) is 17.3. The summed E-state index contributed by atoms with van der Waals surface area (Å²) in [5.41, 5.74) is 0.618. The van der Waals surface area contributed by atoms with Gasteiger partial charge in [0, 0.05) is 9.90 Å². The molecule has 4 rings (SSSR count). The molecule has 1 aliphatic rings. The highest BCUT2D eigenvalue weighted by Crippen LogP contribution is 2.39. The third-order valence-electron chi connectivity index (χ3n) is 4.59. The topological polar surface area (TPSA) is 55.0 Å². The van der Waals surface area contributed by atoms with Crippen LogP contribution in [-0.2, 0) is 0 Å². The molecule has 1 aromatic carbocycles. The van der Waals surface area contributed by atoms with Gasteiger partial charge in [0.05, 0.1) is 44.2 Å². The Hall–Kier alpha value is -2.15. The Kier molecular flexibility index (Phi) is 4.34. The lowest BCUT2D eigenvalue weighted by atomic mass is 10.0. The van der Waals surface area contributed by atoms with Gasteiger partial charge in [-0.1, -0.05) is 17.7 Å². The van der Waals surface area contributed by atoms with Crippen molar-refractivity contribution in [2.24, 2.45) is 0 Å². The number of hydrogen-bond acceptors (Lipinski definition) is 4. The molecule has 0 bridgehead atoms. The molecule has 3 heterocycles. The molecule has 2 aromatic heterocycles. The number of halogens is 1. The summed E-state index contributed by atoms with van der Waals surface area (Å²) >= 11 is 7.59. The molecule has 1 atom stereocenters. The number of fused-ring (bicyclic) bond motifs is 2. The minimum absolute atomic E-state index is 0.150. The van der Waals surface area contributed by atoms with Crippen LogP contribution in [0.3, 0.4) is 0 Å². The van der Waals surface area contributed by atoms with Crippen LogP contribution in [0.25, 0.3) is 11.0 Å². The van der Waals surface area contributed by atoms with Crippen molar-refractivity contribution in [3.05, 3.63) is 67.2 Å². The van der Waals surface area contributed by atoms with Gasteiger partial charge in [-0.2, -0.15) is 0 Å². The molecule has 3 aromatic rings. The number of quaternary nitrogens is 1. The van der Waals surface area contributed by atoms with E-state index in [1.165, 1.54) is 16.2 Å². The molecule has 1 amide bonds. The van der Waals surface area contributed by atoms with Crippen molar-refractivity contribution in [3.63, 3.8) is 0 Å². The van der Waals surface area contributed by atoms with Crippen LogP contribution in [0.5, 0.6) is 0 Å². The zero-order chi connectivity index (χ0) is 18.4. The summed E-state index contributed by atoms with van der Waals surface area (Å²) in [6.45, 7) is 1.33. The second-order valence-corrected chi connectivity index (χ2v) is 8.10. The van der Waals surface area contributed by atoms with Gasteiger partial charge >= 0.3 is 0 Å². The van der Waals surface area contributed by atoms with Gasteiger partial charge in [-0.15, -0.1) is 11.3 Å². The van der Waals surface area contributed by atoms with Gasteiger partial charge in [-0.25, -0.2) is 0 Å². The first-order valence-corrected chi connectivity index (χ1v) is 9.63. The number of carbonyl (C=O) groups is 1. The Bertz CT molecular complexity index is 1040. The number of thiophene rings is 1. The zero-order valence-corrected chi connectivity index (χ0v) is 16.0. The maximum Gasteiger partial charge on any atom is 0.291 e. The van der Waals surface area contributed by atoms with Crippen LogP contribution in [0.4, 0.5) is 0 Å². The highest BCUT2D eigenvalue weighted by molar-refractivity contribution is 7.10. The second kappa shape index (κ2) is 6.54. The molecule has 7 heteroatoms. The predicted octanol–water partition coefficient (Wildman–Crippen LogP) is 2.20. The summed E-state index contributed by atoms with van der Waals surface area (Å²) in [4.78, 5) is 30.2. The molecule has 1 aliphatic heterocycles. The molecule has 0 aliphatic carbocycles. The van der Waals surface area contributed by atoms with Crippen molar-refractivity contribution in [2.75, 3.05) is 27.2 Å². The summed E-state index contributed by atoms with van der Waals surface area (Å²) < 4.78 is 5.87. The van der Waals surface area contributed by atoms with E-state index in [1.54, 1.807) is 23.1 Å². The molecule has 134 valence electrons. The lowest BCUT2D eigenvalue weighted by Gasteiger charge is -2.24. The maximum absolute atomic E-state index is 13.2. The van der Waals surface area contributed by atoms with Gasteiger partial charge in [0.15, 0.2) is 5.43 Å². The van der Waals surface area contributed by atoms with E-state index in [2.05, 4.69) is 0 Å². The highest BCUT2D eigenvalue weighted by Gasteiger charge is 2.43. The third-order valence-corrected chi connectivity index (χ3v) is 5.75. The van der Waals surface area contributed by atoms with Gasteiger partial charge in [-0.3, -0.25) is 9.59 Å². The van der Waals surface area contributed by atoms with Gasteiger partial charge in [0.2, 0.25) is 5.76 Å². The van der Waals surface area contributed by atoms with Gasteiger partial charge < -0.3 is 14.2 Å². The quantitative estimate of drug-likeness (QED) is 0.744. The van der Waals surface area contributed by atoms with Crippen LogP contribution < -0.4 is 10.3 Å². The Morgan fingerprint density at radius 1 is 1.27 bits per heavy atom. The smallest absolute Gasteiger partial charge is 0.291 e. The minimum atomic E-state index is -0.406. The van der Waals surface area contributed by atoms with Crippen LogP contribution >= 0.6 is 22.9 Å². The summed E-state index contributed by atoms with van der Waals surface area (Å²) in [5, 5.41) is 2.83. The Morgan fingerprint density at radius 3 is 2.77 bits per heavy atom. The molecule has 26 heavy (non-hydrogen) atoms. The number of likely N-dealkylation sites (N-methyl/N-ethyl adjacent to an activating group) is 1. The highest BCUT2D eigenvalue weighted by atomic mass is 35.5. The molecule has 0 fully saturated rings. The second-order valence-electron chi connectivity index (χ2n) is 6.69. The molecular formula is C19H18ClN2O3S+. The van der Waals surface area contributed by atoms with E-state index >= 15 is 0 Å². The van der Waals surface area contributed by atoms with Crippen molar-refractivity contribution < 1.29 is 14.1 Å². The van der Waals surface area contributed by atoms with E-state index in [-0.39, 0.29) is 17.1 Å². The van der Waals surface area contributed by atoms with Crippen LogP contribution in [0, 0.1) is 0 Å². The summed E-state index contributed by atoms with van der Waals surface area (Å²) in [5.74, 6) is -0.0782. The molecule has 0 saturated heterocycles. The average Bonchev–Trinajstić information content (AvgIpc) is 3.21. The number of amides is 1. The van der Waals surface area contributed by atoms with Crippen molar-refractivity contribution in [2.45, 2.75) is 6.04 Å². The van der Waals surface area contributed by atoms with Crippen LogP contribution in [0.15, 0.2) is 44.9 Å². The van der Waals surface area contributed by atoms with E-state index in [1.807, 2.05) is 31.6 Å². The number of hydrogen-bond donors (Lipinski definition) is 1. The Morgan fingerprint density at radius 2 is 2.08 bits per heavy atom. The first-order chi connectivity index (χ1) is 12.5. The van der Waals surface area contributed by atoms with E-state index in [0.717, 1.165) is 11.4 Å². The maximum atomic E-state index is 13.2. The van der Waals surface area contributed by atoms with E-state index in [4.69, 9.17) is 16.0 Å². The largest absolute Gasteiger partial charge is 0.450 e. The van der Waals surface area contributed by atoms with Crippen LogP contribution in [0.1, 0.15) is 27.0 Å². The fourth-order valence-electron chi connectivity index (χ4n) is 3.31. The number of carbonyl (C=O) groups excluding carboxylic acids is 1. The molecule has 1 N–H and O–H groups in total. The van der Waals surface area contributed by atoms with Crippen LogP contribution in [-0.4, -0.2) is 38.0 Å². The molecule has 0 saturated carbocycles. The lowest BCUT2D eigenvalue weighted by molar-refractivity contribution is -0.857. The van der Waals surface area contributed by atoms with Gasteiger partial charge in [0.1, 0.15) is 5.58 Å². The van der Waals surface area contributed by atoms with Crippen molar-refractivity contribution in [3.8, 4) is 0 Å². The van der Waals surface area contributed by atoms with Gasteiger partial charge in [-0.05, 0) is 29.6 Å². The predicted molar refractivity (Wildman–Crippen MR) is 102 cm³/mol. The van der Waals surface area contributed by atoms with Gasteiger partial charge in [0.25, 0.3) is 5.91 Å². The Balaban J connectivity index is 1.94. The van der Waals surface area contributed by atoms with E-state index < -0.39 is 6.04 Å². The molecule has 5 nitrogen and oxygen atoms in total. The van der Waals surface area contributed by atoms with Crippen molar-refractivity contribution in [1.82, 2.24) is 4.90 Å². The third kappa shape index (κ3) is 2.74. The molecule has 0 unspecified atom stereocenters. The fraction of sp³-hybridized carbons (Fsp3) is 0.263. The zero-order valence-electron chi connectivity index (χ0n) is 14.4. The van der Waals surface area contributed by atoms with Crippen LogP contribution in [0.2, 0.25) is 5.02 Å². The summed E-state index contributed by atoms with van der Waals surface area (Å²) in [6, 6.07) is 8.37. The SMILES string of the molecule is C[NH+](C)CCN1C(=O)c2oc3ccc(Cl)cc3c(=O)c2[C@H]1c1cccs1. The normalized spacial score (nSPS) is 16.7. The average molecular weight is 390 g/mol. The molecular weight excluding hydrogens is 372 g/mol. The number of nitrogens with one attached hydrogen (secondary N) is 1. The summed E-state index contributed by atoms with van der Waals surface area (Å²) in [7, 11) is 4.07. The van der Waals surface area contributed by atoms with E-state index in [9.17, 15) is 9.59 Å². The van der Waals surface area contributed by atoms with E-state index in [0.29, 0.717) is 28.1 Å².